The molecule has 0 bridgehead atoms. The van der Waals surface area contributed by atoms with Crippen LogP contribution in [0.5, 0.6) is 0 Å². The minimum atomic E-state index is 0.409. The van der Waals surface area contributed by atoms with Gasteiger partial charge >= 0.3 is 62.1 Å². The number of alkyl halides is 2. The van der Waals surface area contributed by atoms with Gasteiger partial charge in [0.05, 0.1) is 0 Å². The molecule has 0 rings (SSSR count). The standard InChI is InChI=1S/C6H15IN/c1-5(2)6(8)4-7-3/h5-6H,4,8H2,1-3H3/q-1/t6-/m0/s1. The molecule has 2 heteroatoms. The number of halogens is 1. The van der Waals surface area contributed by atoms with Crippen LogP contribution in [0.2, 0.25) is 0 Å². The summed E-state index contributed by atoms with van der Waals surface area (Å²) in [6.07, 6.45) is 0. The van der Waals surface area contributed by atoms with Gasteiger partial charge in [-0.25, -0.2) is 0 Å². The zero-order chi connectivity index (χ0) is 6.57. The predicted octanol–water partition coefficient (Wildman–Crippen LogP) is -2.31. The van der Waals surface area contributed by atoms with E-state index in [2.05, 4.69) is 18.8 Å². The Bertz CT molecular complexity index is 54.5. The summed E-state index contributed by atoms with van der Waals surface area (Å²) in [5, 5.41) is 0. The predicted molar refractivity (Wildman–Crippen MR) is 33.6 cm³/mol. The number of hydrogen-bond acceptors (Lipinski definition) is 1. The molecule has 0 aromatic rings. The van der Waals surface area contributed by atoms with Gasteiger partial charge in [-0.05, 0) is 0 Å². The first kappa shape index (κ1) is 8.69. The van der Waals surface area contributed by atoms with Gasteiger partial charge in [-0.3, -0.25) is 0 Å². The fourth-order valence-electron chi connectivity index (χ4n) is 0.356. The molecule has 2 N–H and O–H groups in total. The third kappa shape index (κ3) is 3.66. The van der Waals surface area contributed by atoms with Crippen molar-refractivity contribution in [3.63, 3.8) is 0 Å². The van der Waals surface area contributed by atoms with E-state index in [1.54, 1.807) is 0 Å². The van der Waals surface area contributed by atoms with Crippen LogP contribution in [0.15, 0.2) is 0 Å². The summed E-state index contributed by atoms with van der Waals surface area (Å²) in [6, 6.07) is 0.466. The second kappa shape index (κ2) is 4.56. The molecule has 0 radical (unpaired) electrons. The maximum atomic E-state index is 5.75. The molecule has 0 unspecified atom stereocenters. The monoisotopic (exact) mass is 228 g/mol. The van der Waals surface area contributed by atoms with Crippen molar-refractivity contribution in [3.05, 3.63) is 0 Å². The molecule has 0 fully saturated rings. The molecule has 52 valence electrons. The number of rotatable bonds is 3. The fourth-order valence-corrected chi connectivity index (χ4v) is 2.39. The second-order valence-electron chi connectivity index (χ2n) is 2.33. The molecule has 0 aliphatic rings. The average Bonchev–Trinajstić information content (AvgIpc) is 1.67. The van der Waals surface area contributed by atoms with Gasteiger partial charge < -0.3 is 0 Å². The summed E-state index contributed by atoms with van der Waals surface area (Å²) in [5.41, 5.74) is 5.75. The Kier molecular flexibility index (Phi) is 4.95. The summed E-state index contributed by atoms with van der Waals surface area (Å²) in [6.45, 7) is 4.37. The van der Waals surface area contributed by atoms with Crippen molar-refractivity contribution in [3.8, 4) is 0 Å². The van der Waals surface area contributed by atoms with Crippen molar-refractivity contribution in [2.45, 2.75) is 19.9 Å². The summed E-state index contributed by atoms with van der Waals surface area (Å²) in [4.78, 5) is 2.28. The first-order chi connectivity index (χ1) is 3.68. The van der Waals surface area contributed by atoms with E-state index in [1.165, 1.54) is 4.43 Å². The van der Waals surface area contributed by atoms with Crippen LogP contribution >= 0.6 is 0 Å². The summed E-state index contributed by atoms with van der Waals surface area (Å²) >= 11 is 0.409. The van der Waals surface area contributed by atoms with Crippen molar-refractivity contribution in [1.29, 1.82) is 0 Å². The van der Waals surface area contributed by atoms with Crippen LogP contribution in [-0.2, 0) is 0 Å². The zero-order valence-corrected chi connectivity index (χ0v) is 7.97. The number of nitrogens with two attached hydrogens (primary N) is 1. The summed E-state index contributed by atoms with van der Waals surface area (Å²) < 4.78 is 1.27. The quantitative estimate of drug-likeness (QED) is 0.426. The van der Waals surface area contributed by atoms with Crippen LogP contribution in [0.3, 0.4) is 0 Å². The van der Waals surface area contributed by atoms with E-state index in [4.69, 9.17) is 5.73 Å². The van der Waals surface area contributed by atoms with Gasteiger partial charge in [0.2, 0.25) is 0 Å². The van der Waals surface area contributed by atoms with E-state index in [-0.39, 0.29) is 0 Å². The molecule has 0 aromatic heterocycles. The summed E-state index contributed by atoms with van der Waals surface area (Å²) in [7, 11) is 0. The molecule has 0 saturated carbocycles. The van der Waals surface area contributed by atoms with Crippen LogP contribution in [0.25, 0.3) is 0 Å². The molecule has 0 aliphatic carbocycles. The van der Waals surface area contributed by atoms with Crippen molar-refractivity contribution < 1.29 is 21.2 Å². The van der Waals surface area contributed by atoms with Crippen molar-refractivity contribution >= 4 is 0 Å². The molecule has 8 heavy (non-hydrogen) atoms. The van der Waals surface area contributed by atoms with Gasteiger partial charge in [-0.15, -0.1) is 0 Å². The van der Waals surface area contributed by atoms with Crippen molar-refractivity contribution in [2.24, 2.45) is 11.7 Å². The first-order valence-electron chi connectivity index (χ1n) is 2.87. The topological polar surface area (TPSA) is 26.0 Å². The molecule has 0 amide bonds. The van der Waals surface area contributed by atoms with Gasteiger partial charge in [-0.1, -0.05) is 0 Å². The molecular formula is C6H15IN-. The Morgan fingerprint density at radius 1 is 1.50 bits per heavy atom. The Labute approximate surface area is 62.3 Å². The van der Waals surface area contributed by atoms with E-state index in [9.17, 15) is 0 Å². The summed E-state index contributed by atoms with van der Waals surface area (Å²) in [5.74, 6) is 0.676. The minimum absolute atomic E-state index is 0.409. The van der Waals surface area contributed by atoms with Gasteiger partial charge in [0, 0.05) is 0 Å². The van der Waals surface area contributed by atoms with Crippen LogP contribution in [-0.4, -0.2) is 15.4 Å². The van der Waals surface area contributed by atoms with Crippen LogP contribution < -0.4 is 26.9 Å². The second-order valence-corrected chi connectivity index (χ2v) is 4.74. The Morgan fingerprint density at radius 3 is 2.12 bits per heavy atom. The van der Waals surface area contributed by atoms with Gasteiger partial charge in [0.25, 0.3) is 0 Å². The molecule has 0 saturated heterocycles. The molecule has 0 aliphatic heterocycles. The van der Waals surface area contributed by atoms with Gasteiger partial charge in [0.15, 0.2) is 0 Å². The first-order valence-corrected chi connectivity index (χ1v) is 6.56. The maximum absolute atomic E-state index is 5.75. The Hall–Kier alpha value is 0.690. The van der Waals surface area contributed by atoms with Crippen molar-refractivity contribution in [2.75, 3.05) is 9.36 Å². The van der Waals surface area contributed by atoms with E-state index in [0.717, 1.165) is 0 Å². The molecular weight excluding hydrogens is 213 g/mol. The average molecular weight is 228 g/mol. The van der Waals surface area contributed by atoms with Crippen LogP contribution in [0.4, 0.5) is 0 Å². The zero-order valence-electron chi connectivity index (χ0n) is 5.82. The molecule has 1 atom stereocenters. The normalized spacial score (nSPS) is 15.1. The van der Waals surface area contributed by atoms with E-state index in [1.807, 2.05) is 0 Å². The van der Waals surface area contributed by atoms with E-state index < -0.39 is 0 Å². The molecule has 0 spiro atoms. The van der Waals surface area contributed by atoms with Gasteiger partial charge in [0.1, 0.15) is 0 Å². The van der Waals surface area contributed by atoms with Crippen LogP contribution in [0.1, 0.15) is 13.8 Å². The van der Waals surface area contributed by atoms with Crippen LogP contribution in [0, 0.1) is 5.92 Å². The Balaban J connectivity index is 3.17. The third-order valence-corrected chi connectivity index (χ3v) is 3.09. The molecule has 1 nitrogen and oxygen atoms in total. The molecule has 0 heterocycles. The third-order valence-electron chi connectivity index (χ3n) is 1.19. The SMILES string of the molecule is C[I-]C[C@H](N)C(C)C. The van der Waals surface area contributed by atoms with E-state index >= 15 is 0 Å². The number of hydrogen-bond donors (Lipinski definition) is 1. The van der Waals surface area contributed by atoms with E-state index in [0.29, 0.717) is 33.2 Å². The van der Waals surface area contributed by atoms with Gasteiger partial charge in [-0.2, -0.15) is 0 Å². The fraction of sp³-hybridized carbons (Fsp3) is 1.00. The Morgan fingerprint density at radius 2 is 2.00 bits per heavy atom. The molecule has 0 aromatic carbocycles. The van der Waals surface area contributed by atoms with Crippen molar-refractivity contribution in [1.82, 2.24) is 0 Å².